The number of hydrogen-bond donors (Lipinski definition) is 0. The zero-order chi connectivity index (χ0) is 13.4. The number of anilines is 1. The van der Waals surface area contributed by atoms with Crippen LogP contribution in [0.4, 0.5) is 5.69 Å². The third-order valence-electron chi connectivity index (χ3n) is 3.27. The molecule has 4 heteroatoms. The molecule has 1 amide bonds. The molecule has 0 radical (unpaired) electrons. The molecule has 1 aliphatic heterocycles. The fourth-order valence-corrected chi connectivity index (χ4v) is 2.47. The molecule has 0 unspecified atom stereocenters. The normalized spacial score (nSPS) is 13.6. The molecule has 0 fully saturated rings. The van der Waals surface area contributed by atoms with Gasteiger partial charge < -0.3 is 9.64 Å². The van der Waals surface area contributed by atoms with Gasteiger partial charge in [0.2, 0.25) is 0 Å². The largest absolute Gasteiger partial charge is 0.495 e. The summed E-state index contributed by atoms with van der Waals surface area (Å²) in [5.74, 6) is 0.586. The van der Waals surface area contributed by atoms with Crippen LogP contribution in [0.5, 0.6) is 5.75 Å². The second kappa shape index (κ2) is 4.59. The van der Waals surface area contributed by atoms with Crippen LogP contribution in [0.1, 0.15) is 15.9 Å². The van der Waals surface area contributed by atoms with Crippen molar-refractivity contribution in [2.45, 2.75) is 6.54 Å². The number of ether oxygens (including phenoxy) is 1. The Hall–Kier alpha value is -2.00. The molecule has 0 saturated heterocycles. The van der Waals surface area contributed by atoms with Crippen LogP contribution in [0.2, 0.25) is 5.02 Å². The summed E-state index contributed by atoms with van der Waals surface area (Å²) in [7, 11) is 1.56. The average Bonchev–Trinajstić information content (AvgIpc) is 2.77. The van der Waals surface area contributed by atoms with Crippen LogP contribution in [0.3, 0.4) is 0 Å². The summed E-state index contributed by atoms with van der Waals surface area (Å²) in [6, 6.07) is 13.0. The standard InChI is InChI=1S/C15H12ClNO2/c1-19-14-8-11(6-7-13(14)16)17-9-10-4-2-3-5-12(10)15(17)18/h2-8H,9H2,1H3. The lowest BCUT2D eigenvalue weighted by Gasteiger charge is -2.17. The Morgan fingerprint density at radius 2 is 2.00 bits per heavy atom. The number of amides is 1. The van der Waals surface area contributed by atoms with E-state index in [1.807, 2.05) is 30.3 Å². The van der Waals surface area contributed by atoms with Gasteiger partial charge in [-0.1, -0.05) is 29.8 Å². The lowest BCUT2D eigenvalue weighted by Crippen LogP contribution is -2.22. The maximum Gasteiger partial charge on any atom is 0.258 e. The number of rotatable bonds is 2. The zero-order valence-corrected chi connectivity index (χ0v) is 11.1. The third-order valence-corrected chi connectivity index (χ3v) is 3.58. The molecule has 1 heterocycles. The average molecular weight is 274 g/mol. The first-order valence-corrected chi connectivity index (χ1v) is 6.32. The van der Waals surface area contributed by atoms with E-state index in [9.17, 15) is 4.79 Å². The number of halogens is 1. The van der Waals surface area contributed by atoms with Crippen molar-refractivity contribution in [3.05, 3.63) is 58.6 Å². The molecule has 1 aliphatic rings. The van der Waals surface area contributed by atoms with E-state index in [-0.39, 0.29) is 5.91 Å². The Labute approximate surface area is 116 Å². The molecule has 2 aromatic rings. The zero-order valence-electron chi connectivity index (χ0n) is 10.4. The lowest BCUT2D eigenvalue weighted by molar-refractivity contribution is 0.0996. The van der Waals surface area contributed by atoms with Crippen molar-refractivity contribution in [2.24, 2.45) is 0 Å². The van der Waals surface area contributed by atoms with E-state index in [4.69, 9.17) is 16.3 Å². The van der Waals surface area contributed by atoms with E-state index in [0.717, 1.165) is 16.8 Å². The second-order valence-electron chi connectivity index (χ2n) is 4.37. The van der Waals surface area contributed by atoms with Gasteiger partial charge in [-0.15, -0.1) is 0 Å². The first kappa shape index (κ1) is 12.1. The number of fused-ring (bicyclic) bond motifs is 1. The van der Waals surface area contributed by atoms with E-state index in [2.05, 4.69) is 0 Å². The topological polar surface area (TPSA) is 29.5 Å². The van der Waals surface area contributed by atoms with E-state index in [1.165, 1.54) is 0 Å². The smallest absolute Gasteiger partial charge is 0.258 e. The molecule has 3 rings (SSSR count). The number of hydrogen-bond acceptors (Lipinski definition) is 2. The summed E-state index contributed by atoms with van der Waals surface area (Å²) >= 11 is 6.00. The maximum atomic E-state index is 12.3. The van der Waals surface area contributed by atoms with E-state index >= 15 is 0 Å². The van der Waals surface area contributed by atoms with Crippen molar-refractivity contribution in [2.75, 3.05) is 12.0 Å². The Balaban J connectivity index is 2.00. The molecular formula is C15H12ClNO2. The molecule has 3 nitrogen and oxygen atoms in total. The molecule has 0 bridgehead atoms. The molecule has 0 aliphatic carbocycles. The van der Waals surface area contributed by atoms with Gasteiger partial charge in [-0.05, 0) is 23.8 Å². The summed E-state index contributed by atoms with van der Waals surface area (Å²) in [4.78, 5) is 14.1. The summed E-state index contributed by atoms with van der Waals surface area (Å²) in [5.41, 5.74) is 2.60. The predicted molar refractivity (Wildman–Crippen MR) is 75.0 cm³/mol. The van der Waals surface area contributed by atoms with Crippen molar-refractivity contribution in [1.82, 2.24) is 0 Å². The number of benzene rings is 2. The predicted octanol–water partition coefficient (Wildman–Crippen LogP) is 3.51. The Bertz CT molecular complexity index is 654. The molecule has 0 aromatic heterocycles. The fourth-order valence-electron chi connectivity index (χ4n) is 2.28. The SMILES string of the molecule is COc1cc(N2Cc3ccccc3C2=O)ccc1Cl. The minimum atomic E-state index is 0.0139. The number of carbonyl (C=O) groups is 1. The van der Waals surface area contributed by atoms with Crippen molar-refractivity contribution in [3.63, 3.8) is 0 Å². The Morgan fingerprint density at radius 3 is 2.74 bits per heavy atom. The van der Waals surface area contributed by atoms with Crippen molar-refractivity contribution in [3.8, 4) is 5.75 Å². The van der Waals surface area contributed by atoms with Crippen LogP contribution in [0.15, 0.2) is 42.5 Å². The van der Waals surface area contributed by atoms with Gasteiger partial charge in [-0.2, -0.15) is 0 Å². The molecule has 0 N–H and O–H groups in total. The molecule has 2 aromatic carbocycles. The van der Waals surface area contributed by atoms with Crippen LogP contribution >= 0.6 is 11.6 Å². The molecule has 0 saturated carbocycles. The highest BCUT2D eigenvalue weighted by atomic mass is 35.5. The van der Waals surface area contributed by atoms with Crippen LogP contribution in [0, 0.1) is 0 Å². The monoisotopic (exact) mass is 273 g/mol. The van der Waals surface area contributed by atoms with Crippen molar-refractivity contribution < 1.29 is 9.53 Å². The third kappa shape index (κ3) is 1.96. The summed E-state index contributed by atoms with van der Waals surface area (Å²) in [6.07, 6.45) is 0. The molecule has 96 valence electrons. The minimum Gasteiger partial charge on any atom is -0.495 e. The maximum absolute atomic E-state index is 12.3. The van der Waals surface area contributed by atoms with Gasteiger partial charge >= 0.3 is 0 Å². The second-order valence-corrected chi connectivity index (χ2v) is 4.77. The van der Waals surface area contributed by atoms with Gasteiger partial charge in [-0.25, -0.2) is 0 Å². The highest BCUT2D eigenvalue weighted by molar-refractivity contribution is 6.32. The molecule has 0 spiro atoms. The minimum absolute atomic E-state index is 0.0139. The van der Waals surface area contributed by atoms with Crippen LogP contribution in [-0.4, -0.2) is 13.0 Å². The molecular weight excluding hydrogens is 262 g/mol. The Morgan fingerprint density at radius 1 is 1.21 bits per heavy atom. The number of nitrogens with zero attached hydrogens (tertiary/aromatic N) is 1. The summed E-state index contributed by atoms with van der Waals surface area (Å²) in [5, 5.41) is 0.537. The molecule has 0 atom stereocenters. The van der Waals surface area contributed by atoms with Crippen molar-refractivity contribution in [1.29, 1.82) is 0 Å². The molecule has 19 heavy (non-hydrogen) atoms. The Kier molecular flexibility index (Phi) is 2.91. The van der Waals surface area contributed by atoms with Crippen LogP contribution in [0.25, 0.3) is 0 Å². The first-order chi connectivity index (χ1) is 9.20. The van der Waals surface area contributed by atoms with Crippen LogP contribution in [-0.2, 0) is 6.54 Å². The van der Waals surface area contributed by atoms with Gasteiger partial charge in [0, 0.05) is 17.3 Å². The van der Waals surface area contributed by atoms with Gasteiger partial charge in [0.05, 0.1) is 18.7 Å². The van der Waals surface area contributed by atoms with E-state index in [1.54, 1.807) is 24.1 Å². The van der Waals surface area contributed by atoms with Crippen LogP contribution < -0.4 is 9.64 Å². The summed E-state index contributed by atoms with van der Waals surface area (Å²) in [6.45, 7) is 0.583. The summed E-state index contributed by atoms with van der Waals surface area (Å²) < 4.78 is 5.19. The van der Waals surface area contributed by atoms with Gasteiger partial charge in [-0.3, -0.25) is 4.79 Å². The fraction of sp³-hybridized carbons (Fsp3) is 0.133. The van der Waals surface area contributed by atoms with Gasteiger partial charge in [0.1, 0.15) is 5.75 Å². The highest BCUT2D eigenvalue weighted by Crippen LogP contribution is 2.33. The highest BCUT2D eigenvalue weighted by Gasteiger charge is 2.28. The quantitative estimate of drug-likeness (QED) is 0.838. The first-order valence-electron chi connectivity index (χ1n) is 5.94. The van der Waals surface area contributed by atoms with Gasteiger partial charge in [0.15, 0.2) is 0 Å². The van der Waals surface area contributed by atoms with Gasteiger partial charge in [0.25, 0.3) is 5.91 Å². The lowest BCUT2D eigenvalue weighted by atomic mass is 10.1. The van der Waals surface area contributed by atoms with E-state index < -0.39 is 0 Å². The number of methoxy groups -OCH3 is 1. The van der Waals surface area contributed by atoms with E-state index in [0.29, 0.717) is 17.3 Å². The number of carbonyl (C=O) groups excluding carboxylic acids is 1. The van der Waals surface area contributed by atoms with Crippen molar-refractivity contribution >= 4 is 23.2 Å².